The Labute approximate surface area is 301 Å². The van der Waals surface area contributed by atoms with Crippen molar-refractivity contribution in [2.75, 3.05) is 20.2 Å². The molecule has 2 fully saturated rings. The first-order chi connectivity index (χ1) is 24.3. The van der Waals surface area contributed by atoms with Gasteiger partial charge in [-0.25, -0.2) is 9.78 Å². The van der Waals surface area contributed by atoms with Crippen LogP contribution in [-0.2, 0) is 14.3 Å². The molecule has 3 amide bonds. The number of ether oxygens (including phenoxy) is 1. The molecule has 4 heterocycles. The molecule has 10 heteroatoms. The van der Waals surface area contributed by atoms with E-state index in [1.165, 1.54) is 7.11 Å². The van der Waals surface area contributed by atoms with Crippen LogP contribution in [0.5, 0.6) is 0 Å². The molecule has 0 bridgehead atoms. The van der Waals surface area contributed by atoms with Crippen molar-refractivity contribution < 1.29 is 19.1 Å². The summed E-state index contributed by atoms with van der Waals surface area (Å²) in [5, 5.41) is 2.74. The molecule has 2 saturated heterocycles. The van der Waals surface area contributed by atoms with Crippen LogP contribution >= 0.6 is 0 Å². The maximum atomic E-state index is 13.7. The predicted molar refractivity (Wildman–Crippen MR) is 200 cm³/mol. The van der Waals surface area contributed by atoms with Crippen LogP contribution < -0.4 is 5.32 Å². The molecule has 1 aromatic heterocycles. The van der Waals surface area contributed by atoms with Crippen molar-refractivity contribution in [3.8, 4) is 11.8 Å². The van der Waals surface area contributed by atoms with Crippen molar-refractivity contribution in [2.45, 2.75) is 91.8 Å². The number of nitrogens with one attached hydrogen (secondary N) is 2. The fourth-order valence-electron chi connectivity index (χ4n) is 7.23. The van der Waals surface area contributed by atoms with Gasteiger partial charge >= 0.3 is 6.09 Å². The normalized spacial score (nSPS) is 20.2. The van der Waals surface area contributed by atoms with Crippen LogP contribution in [0.4, 0.5) is 4.79 Å². The lowest BCUT2D eigenvalue weighted by Crippen LogP contribution is -2.54. The zero-order valence-corrected chi connectivity index (χ0v) is 30.9. The van der Waals surface area contributed by atoms with Gasteiger partial charge in [0.15, 0.2) is 0 Å². The van der Waals surface area contributed by atoms with E-state index in [1.54, 1.807) is 0 Å². The number of aromatic nitrogens is 2. The summed E-state index contributed by atoms with van der Waals surface area (Å²) in [5.41, 5.74) is 6.30. The molecule has 0 aliphatic carbocycles. The number of amides is 3. The minimum Gasteiger partial charge on any atom is -0.453 e. The van der Waals surface area contributed by atoms with Crippen LogP contribution in [0.25, 0.3) is 16.6 Å². The van der Waals surface area contributed by atoms with Gasteiger partial charge in [-0.15, -0.1) is 0 Å². The number of nitrogens with zero attached hydrogens (tertiary/aromatic N) is 4. The summed E-state index contributed by atoms with van der Waals surface area (Å²) in [6, 6.07) is 13.3. The number of aromatic amines is 1. The van der Waals surface area contributed by atoms with Gasteiger partial charge in [-0.2, -0.15) is 0 Å². The van der Waals surface area contributed by atoms with E-state index in [1.807, 2.05) is 69.1 Å². The number of methoxy groups -OCH3 is 1. The van der Waals surface area contributed by atoms with E-state index in [9.17, 15) is 14.4 Å². The maximum absolute atomic E-state index is 13.7. The van der Waals surface area contributed by atoms with Gasteiger partial charge in [0, 0.05) is 48.5 Å². The van der Waals surface area contributed by atoms with Crippen molar-refractivity contribution in [1.82, 2.24) is 25.1 Å². The topological polar surface area (TPSA) is 120 Å². The Hall–Kier alpha value is -4.91. The van der Waals surface area contributed by atoms with Gasteiger partial charge in [-0.1, -0.05) is 65.5 Å². The third-order valence-corrected chi connectivity index (χ3v) is 10.6. The molecule has 0 spiro atoms. The number of allylic oxidation sites excluding steroid dienone is 1. The number of carbonyl (C=O) groups excluding carboxylic acids is 3. The Morgan fingerprint density at radius 2 is 1.57 bits per heavy atom. The van der Waals surface area contributed by atoms with E-state index in [-0.39, 0.29) is 29.8 Å². The molecule has 6 rings (SSSR count). The number of likely N-dealkylation sites (tertiary alicyclic amines) is 2. The average molecular weight is 691 g/mol. The summed E-state index contributed by atoms with van der Waals surface area (Å²) in [7, 11) is 1.30. The SMILES string of the molecule is COC(=O)N[C@H](C(=O)N1CCC[C@H]1c1nc2ccc(C#Cc3ccc(C4=CN=C([C@@H]5CCCN5C(=O)[C@@H](C)C(C)C)C4)cc3)cc2[nH]1)C(C)(C)C. The number of hydrogen-bond acceptors (Lipinski definition) is 6. The second kappa shape index (κ2) is 14.7. The van der Waals surface area contributed by atoms with E-state index >= 15 is 0 Å². The zero-order valence-electron chi connectivity index (χ0n) is 30.9. The quantitative estimate of drug-likeness (QED) is 0.263. The molecule has 2 N–H and O–H groups in total. The summed E-state index contributed by atoms with van der Waals surface area (Å²) < 4.78 is 4.80. The monoisotopic (exact) mass is 690 g/mol. The molecule has 3 aromatic rings. The number of H-pyrrole nitrogens is 1. The van der Waals surface area contributed by atoms with Gasteiger partial charge in [0.2, 0.25) is 11.8 Å². The van der Waals surface area contributed by atoms with Gasteiger partial charge in [-0.05, 0) is 78.5 Å². The number of aliphatic imine (C=N–C) groups is 1. The van der Waals surface area contributed by atoms with E-state index < -0.39 is 17.6 Å². The number of carbonyl (C=O) groups is 3. The second-order valence-corrected chi connectivity index (χ2v) is 15.5. The van der Waals surface area contributed by atoms with E-state index in [2.05, 4.69) is 53.0 Å². The highest BCUT2D eigenvalue weighted by atomic mass is 16.5. The Kier molecular flexibility index (Phi) is 10.4. The fourth-order valence-corrected chi connectivity index (χ4v) is 7.23. The summed E-state index contributed by atoms with van der Waals surface area (Å²) in [4.78, 5) is 55.9. The van der Waals surface area contributed by atoms with Crippen LogP contribution in [0.3, 0.4) is 0 Å². The van der Waals surface area contributed by atoms with E-state index in [4.69, 9.17) is 14.7 Å². The highest BCUT2D eigenvalue weighted by Gasteiger charge is 2.41. The molecule has 268 valence electrons. The summed E-state index contributed by atoms with van der Waals surface area (Å²) >= 11 is 0. The first kappa shape index (κ1) is 35.9. The highest BCUT2D eigenvalue weighted by Crippen LogP contribution is 2.35. The molecule has 3 aliphatic rings. The summed E-state index contributed by atoms with van der Waals surface area (Å²) in [5.74, 6) is 7.74. The van der Waals surface area contributed by atoms with Crippen LogP contribution in [0.2, 0.25) is 0 Å². The van der Waals surface area contributed by atoms with Crippen molar-refractivity contribution >= 4 is 40.2 Å². The van der Waals surface area contributed by atoms with Crippen LogP contribution in [-0.4, -0.2) is 75.7 Å². The molecule has 3 aliphatic heterocycles. The number of benzene rings is 2. The molecule has 4 atom stereocenters. The first-order valence-electron chi connectivity index (χ1n) is 18.2. The standard InChI is InChI=1S/C41H50N6O4/c1-25(2)26(3)38(48)46-20-8-10-34(46)33-23-30(24-42-33)29-17-14-27(15-18-29)12-13-28-16-19-31-32(22-28)44-37(43-31)35-11-9-21-47(35)39(49)36(41(4,5)6)45-40(50)51-7/h14-19,22,24-26,34-36H,8-11,20-21,23H2,1-7H3,(H,43,44)(H,45,50)/t26-,34-,35-,36+/m0/s1. The molecule has 10 nitrogen and oxygen atoms in total. The molecular weight excluding hydrogens is 640 g/mol. The second-order valence-electron chi connectivity index (χ2n) is 15.5. The molecule has 0 radical (unpaired) electrons. The summed E-state index contributed by atoms with van der Waals surface area (Å²) in [6.45, 7) is 13.4. The third-order valence-electron chi connectivity index (χ3n) is 10.6. The number of hydrogen-bond donors (Lipinski definition) is 2. The van der Waals surface area contributed by atoms with Crippen molar-refractivity contribution in [2.24, 2.45) is 22.2 Å². The largest absolute Gasteiger partial charge is 0.453 e. The number of alkyl carbamates (subject to hydrolysis) is 1. The summed E-state index contributed by atoms with van der Waals surface area (Å²) in [6.07, 6.45) is 5.72. The van der Waals surface area contributed by atoms with Gasteiger partial charge in [0.1, 0.15) is 11.9 Å². The lowest BCUT2D eigenvalue weighted by Gasteiger charge is -2.34. The Morgan fingerprint density at radius 3 is 2.24 bits per heavy atom. The first-order valence-corrected chi connectivity index (χ1v) is 18.2. The molecule has 0 saturated carbocycles. The molecule has 51 heavy (non-hydrogen) atoms. The number of imidazole rings is 1. The Balaban J connectivity index is 1.10. The third kappa shape index (κ3) is 7.73. The van der Waals surface area contributed by atoms with Gasteiger partial charge in [-0.3, -0.25) is 14.6 Å². The van der Waals surface area contributed by atoms with E-state index in [0.717, 1.165) is 83.5 Å². The van der Waals surface area contributed by atoms with Crippen LogP contribution in [0, 0.1) is 29.1 Å². The lowest BCUT2D eigenvalue weighted by atomic mass is 9.85. The van der Waals surface area contributed by atoms with Crippen LogP contribution in [0.1, 0.15) is 102 Å². The smallest absolute Gasteiger partial charge is 0.407 e. The van der Waals surface area contributed by atoms with Gasteiger partial charge in [0.05, 0.1) is 30.2 Å². The van der Waals surface area contributed by atoms with E-state index in [0.29, 0.717) is 12.5 Å². The Morgan fingerprint density at radius 1 is 0.922 bits per heavy atom. The minimum absolute atomic E-state index is 0.0125. The van der Waals surface area contributed by atoms with Gasteiger partial charge < -0.3 is 24.8 Å². The molecule has 2 aromatic carbocycles. The van der Waals surface area contributed by atoms with Gasteiger partial charge in [0.25, 0.3) is 0 Å². The van der Waals surface area contributed by atoms with Crippen molar-refractivity contribution in [3.63, 3.8) is 0 Å². The van der Waals surface area contributed by atoms with Crippen LogP contribution in [0.15, 0.2) is 53.7 Å². The predicted octanol–water partition coefficient (Wildman–Crippen LogP) is 6.87. The van der Waals surface area contributed by atoms with Crippen molar-refractivity contribution in [1.29, 1.82) is 0 Å². The zero-order chi connectivity index (χ0) is 36.4. The number of rotatable bonds is 7. The fraction of sp³-hybridized carbons (Fsp3) is 0.488. The average Bonchev–Trinajstić information content (AvgIpc) is 3.94. The lowest BCUT2D eigenvalue weighted by molar-refractivity contribution is -0.137. The van der Waals surface area contributed by atoms with Crippen molar-refractivity contribution in [3.05, 3.63) is 71.2 Å². The number of fused-ring (bicyclic) bond motifs is 1. The maximum Gasteiger partial charge on any atom is 0.407 e. The highest BCUT2D eigenvalue weighted by molar-refractivity contribution is 6.03. The Bertz CT molecular complexity index is 1920. The molecular formula is C41H50N6O4. The molecule has 0 unspecified atom stereocenters. The minimum atomic E-state index is -0.732.